The van der Waals surface area contributed by atoms with Gasteiger partial charge in [0.1, 0.15) is 0 Å². The molecule has 0 spiro atoms. The maximum atomic E-state index is 2.40. The minimum absolute atomic E-state index is 1.17. The molecule has 12 aromatic rings. The minimum atomic E-state index is 1.17. The van der Waals surface area contributed by atoms with Crippen molar-refractivity contribution >= 4 is 43.1 Å². The second-order valence-electron chi connectivity index (χ2n) is 17.0. The standard InChI is InChI=1S/C64H42/c1-2-12-43(13-3-1)56-34-61(63-38-57(52-26-22-44-14-4-8-18-48(44)30-52)36-58(39-63)53-27-23-45-15-5-9-19-49(45)31-53)42-62(35-56)64-40-59(54-28-24-46-16-6-10-20-50(46)32-54)37-60(41-64)55-29-25-47-17-7-11-21-51(47)33-55/h1-42H. The Morgan fingerprint density at radius 2 is 0.312 bits per heavy atom. The number of benzene rings is 12. The zero-order chi connectivity index (χ0) is 42.4. The highest BCUT2D eigenvalue weighted by molar-refractivity contribution is 5.95. The summed E-state index contributed by atoms with van der Waals surface area (Å²) in [5.41, 5.74) is 16.6. The highest BCUT2D eigenvalue weighted by Crippen LogP contribution is 2.41. The van der Waals surface area contributed by atoms with E-state index < -0.39 is 0 Å². The largest absolute Gasteiger partial charge is 0.0622 e. The molecule has 12 aromatic carbocycles. The lowest BCUT2D eigenvalue weighted by Crippen LogP contribution is -1.91. The monoisotopic (exact) mass is 810 g/mol. The van der Waals surface area contributed by atoms with Gasteiger partial charge in [0, 0.05) is 0 Å². The molecule has 0 bridgehead atoms. The first kappa shape index (κ1) is 37.4. The summed E-state index contributed by atoms with van der Waals surface area (Å²) in [7, 11) is 0. The molecule has 0 saturated heterocycles. The van der Waals surface area contributed by atoms with Crippen molar-refractivity contribution in [1.29, 1.82) is 0 Å². The normalized spacial score (nSPS) is 11.4. The van der Waals surface area contributed by atoms with E-state index in [0.717, 1.165) is 0 Å². The maximum Gasteiger partial charge on any atom is -0.0171 e. The summed E-state index contributed by atoms with van der Waals surface area (Å²) < 4.78 is 0. The average molecular weight is 811 g/mol. The SMILES string of the molecule is c1ccc(-c2cc(-c3cc(-c4ccc5ccccc5c4)cc(-c4ccc5ccccc5c4)c3)cc(-c3cc(-c4ccc5ccccc5c4)cc(-c4ccc5ccccc5c4)c3)c2)cc1. The molecular formula is C64H42. The van der Waals surface area contributed by atoms with E-state index in [0.29, 0.717) is 0 Å². The molecule has 0 aliphatic heterocycles. The van der Waals surface area contributed by atoms with Crippen LogP contribution < -0.4 is 0 Å². The molecule has 0 unspecified atom stereocenters. The fourth-order valence-corrected chi connectivity index (χ4v) is 9.49. The summed E-state index contributed by atoms with van der Waals surface area (Å²) in [4.78, 5) is 0. The van der Waals surface area contributed by atoms with Crippen molar-refractivity contribution < 1.29 is 0 Å². The molecule has 0 nitrogen and oxygen atoms in total. The Morgan fingerprint density at radius 3 is 0.578 bits per heavy atom. The molecule has 0 saturated carbocycles. The van der Waals surface area contributed by atoms with Crippen LogP contribution in [0.2, 0.25) is 0 Å². The van der Waals surface area contributed by atoms with Gasteiger partial charge in [-0.25, -0.2) is 0 Å². The van der Waals surface area contributed by atoms with E-state index in [-0.39, 0.29) is 0 Å². The van der Waals surface area contributed by atoms with Gasteiger partial charge in [-0.05, 0) is 200 Å². The maximum absolute atomic E-state index is 2.40. The lowest BCUT2D eigenvalue weighted by molar-refractivity contribution is 1.55. The average Bonchev–Trinajstić information content (AvgIpc) is 3.38. The van der Waals surface area contributed by atoms with Crippen LogP contribution in [0.25, 0.3) is 121 Å². The van der Waals surface area contributed by atoms with Crippen LogP contribution in [0.15, 0.2) is 255 Å². The number of hydrogen-bond acceptors (Lipinski definition) is 0. The van der Waals surface area contributed by atoms with Crippen molar-refractivity contribution in [2.75, 3.05) is 0 Å². The molecule has 0 atom stereocenters. The molecule has 64 heavy (non-hydrogen) atoms. The van der Waals surface area contributed by atoms with E-state index in [2.05, 4.69) is 255 Å². The first-order valence-corrected chi connectivity index (χ1v) is 22.1. The second-order valence-corrected chi connectivity index (χ2v) is 17.0. The van der Waals surface area contributed by atoms with Crippen LogP contribution in [-0.4, -0.2) is 0 Å². The van der Waals surface area contributed by atoms with Gasteiger partial charge in [0.05, 0.1) is 0 Å². The Labute approximate surface area is 374 Å². The molecule has 298 valence electrons. The van der Waals surface area contributed by atoms with Gasteiger partial charge >= 0.3 is 0 Å². The van der Waals surface area contributed by atoms with Gasteiger partial charge in [-0.3, -0.25) is 0 Å². The van der Waals surface area contributed by atoms with E-state index in [1.165, 1.54) is 121 Å². The highest BCUT2D eigenvalue weighted by atomic mass is 14.2. The number of rotatable bonds is 7. The summed E-state index contributed by atoms with van der Waals surface area (Å²) in [6, 6.07) is 94.1. The molecule has 0 aliphatic rings. The molecule has 0 fully saturated rings. The predicted molar refractivity (Wildman–Crippen MR) is 275 cm³/mol. The van der Waals surface area contributed by atoms with E-state index in [9.17, 15) is 0 Å². The third kappa shape index (κ3) is 7.22. The number of fused-ring (bicyclic) bond motifs is 4. The molecule has 0 amide bonds. The van der Waals surface area contributed by atoms with E-state index in [1.807, 2.05) is 0 Å². The smallest absolute Gasteiger partial charge is 0.0171 e. The zero-order valence-electron chi connectivity index (χ0n) is 35.2. The van der Waals surface area contributed by atoms with Gasteiger partial charge in [-0.1, -0.05) is 176 Å². The molecule has 0 heterocycles. The third-order valence-corrected chi connectivity index (χ3v) is 12.9. The van der Waals surface area contributed by atoms with Crippen LogP contribution in [0.5, 0.6) is 0 Å². The van der Waals surface area contributed by atoms with Crippen LogP contribution in [0.1, 0.15) is 0 Å². The van der Waals surface area contributed by atoms with Crippen molar-refractivity contribution in [3.63, 3.8) is 0 Å². The third-order valence-electron chi connectivity index (χ3n) is 12.9. The Hall–Kier alpha value is -8.32. The topological polar surface area (TPSA) is 0 Å². The summed E-state index contributed by atoms with van der Waals surface area (Å²) in [6.45, 7) is 0. The van der Waals surface area contributed by atoms with Crippen molar-refractivity contribution in [3.8, 4) is 77.9 Å². The molecule has 0 N–H and O–H groups in total. The van der Waals surface area contributed by atoms with Crippen LogP contribution in [0.3, 0.4) is 0 Å². The fraction of sp³-hybridized carbons (Fsp3) is 0. The van der Waals surface area contributed by atoms with E-state index in [4.69, 9.17) is 0 Å². The van der Waals surface area contributed by atoms with Crippen molar-refractivity contribution in [2.45, 2.75) is 0 Å². The van der Waals surface area contributed by atoms with E-state index >= 15 is 0 Å². The van der Waals surface area contributed by atoms with Crippen molar-refractivity contribution in [2.24, 2.45) is 0 Å². The lowest BCUT2D eigenvalue weighted by atomic mass is 9.87. The van der Waals surface area contributed by atoms with Crippen molar-refractivity contribution in [1.82, 2.24) is 0 Å². The summed E-state index contributed by atoms with van der Waals surface area (Å²) in [5, 5.41) is 9.91. The Bertz CT molecular complexity index is 3300. The van der Waals surface area contributed by atoms with Crippen LogP contribution >= 0.6 is 0 Å². The van der Waals surface area contributed by atoms with Gasteiger partial charge in [0.2, 0.25) is 0 Å². The molecule has 0 heteroatoms. The molecular weight excluding hydrogens is 769 g/mol. The van der Waals surface area contributed by atoms with Gasteiger partial charge in [0.15, 0.2) is 0 Å². The predicted octanol–water partition coefficient (Wildman–Crippen LogP) is 18.0. The highest BCUT2D eigenvalue weighted by Gasteiger charge is 2.15. The minimum Gasteiger partial charge on any atom is -0.0622 e. The van der Waals surface area contributed by atoms with Gasteiger partial charge < -0.3 is 0 Å². The second kappa shape index (κ2) is 15.9. The zero-order valence-corrected chi connectivity index (χ0v) is 35.2. The van der Waals surface area contributed by atoms with Gasteiger partial charge in [0.25, 0.3) is 0 Å². The summed E-state index contributed by atoms with van der Waals surface area (Å²) >= 11 is 0. The number of hydrogen-bond donors (Lipinski definition) is 0. The van der Waals surface area contributed by atoms with Gasteiger partial charge in [-0.15, -0.1) is 0 Å². The first-order valence-electron chi connectivity index (χ1n) is 22.1. The Balaban J connectivity index is 1.08. The van der Waals surface area contributed by atoms with E-state index in [1.54, 1.807) is 0 Å². The molecule has 0 aliphatic carbocycles. The van der Waals surface area contributed by atoms with Crippen LogP contribution in [0, 0.1) is 0 Å². The first-order chi connectivity index (χ1) is 31.6. The van der Waals surface area contributed by atoms with Crippen LogP contribution in [0.4, 0.5) is 0 Å². The fourth-order valence-electron chi connectivity index (χ4n) is 9.49. The summed E-state index contributed by atoms with van der Waals surface area (Å²) in [5.74, 6) is 0. The Morgan fingerprint density at radius 1 is 0.109 bits per heavy atom. The molecule has 0 radical (unpaired) electrons. The summed E-state index contributed by atoms with van der Waals surface area (Å²) in [6.07, 6.45) is 0. The molecule has 0 aromatic heterocycles. The lowest BCUT2D eigenvalue weighted by Gasteiger charge is -2.16. The quantitative estimate of drug-likeness (QED) is 0.150. The van der Waals surface area contributed by atoms with Crippen molar-refractivity contribution in [3.05, 3.63) is 255 Å². The van der Waals surface area contributed by atoms with Gasteiger partial charge in [-0.2, -0.15) is 0 Å². The molecule has 12 rings (SSSR count). The van der Waals surface area contributed by atoms with Crippen LogP contribution in [-0.2, 0) is 0 Å². The Kier molecular flexibility index (Phi) is 9.28.